The van der Waals surface area contributed by atoms with Crippen LogP contribution in [0.5, 0.6) is 0 Å². The molecule has 4 nitrogen and oxygen atoms in total. The molecule has 8 heteroatoms. The Labute approximate surface area is 172 Å². The molecule has 1 N–H and O–H groups in total. The maximum atomic E-state index is 13.7. The summed E-state index contributed by atoms with van der Waals surface area (Å²) in [6.45, 7) is -0.158. The zero-order valence-electron chi connectivity index (χ0n) is 14.3. The summed E-state index contributed by atoms with van der Waals surface area (Å²) >= 11 is 9.37. The number of Topliss-reactive ketones (excluding diaryl/α,β-unsaturated/α-hetero) is 1. The van der Waals surface area contributed by atoms with Crippen molar-refractivity contribution in [3.63, 3.8) is 0 Å². The molecule has 28 heavy (non-hydrogen) atoms. The van der Waals surface area contributed by atoms with Crippen molar-refractivity contribution in [2.75, 3.05) is 0 Å². The van der Waals surface area contributed by atoms with E-state index in [0.717, 1.165) is 12.1 Å². The predicted octanol–water partition coefficient (Wildman–Crippen LogP) is 5.33. The number of halogens is 4. The molecule has 0 saturated carbocycles. The summed E-state index contributed by atoms with van der Waals surface area (Å²) in [5.41, 5.74) is 0.646. The molecule has 1 amide bonds. The highest BCUT2D eigenvalue weighted by atomic mass is 79.9. The molecule has 0 fully saturated rings. The highest BCUT2D eigenvalue weighted by molar-refractivity contribution is 9.10. The maximum Gasteiger partial charge on any atom is 0.253 e. The highest BCUT2D eigenvalue weighted by Crippen LogP contribution is 2.23. The van der Waals surface area contributed by atoms with Gasteiger partial charge in [-0.15, -0.1) is 0 Å². The van der Waals surface area contributed by atoms with Gasteiger partial charge in [-0.05, 0) is 33.6 Å². The van der Waals surface area contributed by atoms with Gasteiger partial charge in [0.25, 0.3) is 5.91 Å². The summed E-state index contributed by atoms with van der Waals surface area (Å²) < 4.78 is 32.5. The third-order valence-electron chi connectivity index (χ3n) is 3.97. The van der Waals surface area contributed by atoms with E-state index >= 15 is 0 Å². The van der Waals surface area contributed by atoms with Crippen molar-refractivity contribution >= 4 is 39.2 Å². The molecule has 0 aliphatic carbocycles. The number of amides is 1. The minimum atomic E-state index is -0.766. The number of hydrogen-bond acceptors (Lipinski definition) is 3. The van der Waals surface area contributed by atoms with E-state index in [2.05, 4.69) is 21.2 Å². The van der Waals surface area contributed by atoms with Crippen LogP contribution in [0.3, 0.4) is 0 Å². The van der Waals surface area contributed by atoms with E-state index in [1.54, 1.807) is 12.1 Å². The van der Waals surface area contributed by atoms with Gasteiger partial charge in [0.1, 0.15) is 17.9 Å². The summed E-state index contributed by atoms with van der Waals surface area (Å²) in [5.74, 6) is -2.22. The summed E-state index contributed by atoms with van der Waals surface area (Å²) in [5, 5.41) is 2.70. The molecule has 144 valence electrons. The van der Waals surface area contributed by atoms with Gasteiger partial charge in [0, 0.05) is 30.7 Å². The first kappa shape index (κ1) is 20.2. The molecule has 0 aliphatic rings. The fourth-order valence-electron chi connectivity index (χ4n) is 2.62. The van der Waals surface area contributed by atoms with Gasteiger partial charge in [0.2, 0.25) is 5.78 Å². The van der Waals surface area contributed by atoms with Crippen LogP contribution in [-0.2, 0) is 13.0 Å². The van der Waals surface area contributed by atoms with E-state index in [9.17, 15) is 18.4 Å². The van der Waals surface area contributed by atoms with Gasteiger partial charge < -0.3 is 9.73 Å². The third-order valence-corrected chi connectivity index (χ3v) is 4.71. The Hall–Kier alpha value is -2.51. The summed E-state index contributed by atoms with van der Waals surface area (Å²) in [4.78, 5) is 25.0. The lowest BCUT2D eigenvalue weighted by atomic mass is 10.0. The van der Waals surface area contributed by atoms with Crippen LogP contribution in [0.15, 0.2) is 57.6 Å². The van der Waals surface area contributed by atoms with Gasteiger partial charge in [-0.1, -0.05) is 29.8 Å². The Morgan fingerprint density at radius 1 is 1.11 bits per heavy atom. The van der Waals surface area contributed by atoms with Crippen molar-refractivity contribution in [1.82, 2.24) is 5.32 Å². The van der Waals surface area contributed by atoms with Crippen LogP contribution >= 0.6 is 27.5 Å². The number of ketones is 1. The Balaban J connectivity index is 1.79. The van der Waals surface area contributed by atoms with E-state index in [1.807, 2.05) is 0 Å². The van der Waals surface area contributed by atoms with Crippen molar-refractivity contribution in [3.05, 3.63) is 92.3 Å². The SMILES string of the molecule is O=C(Cc1cccc(Cl)c1C(=O)NCc1ccc(F)cc1F)c1cc(Br)co1. The van der Waals surface area contributed by atoms with Crippen molar-refractivity contribution in [1.29, 1.82) is 0 Å². The van der Waals surface area contributed by atoms with Crippen molar-refractivity contribution in [2.24, 2.45) is 0 Å². The molecular formula is C20H13BrClF2NO3. The Kier molecular flexibility index (Phi) is 6.26. The molecule has 0 bridgehead atoms. The van der Waals surface area contributed by atoms with E-state index in [0.29, 0.717) is 10.0 Å². The topological polar surface area (TPSA) is 59.3 Å². The number of hydrogen-bond donors (Lipinski definition) is 1. The lowest BCUT2D eigenvalue weighted by Gasteiger charge is -2.12. The molecule has 3 rings (SSSR count). The van der Waals surface area contributed by atoms with Gasteiger partial charge >= 0.3 is 0 Å². The van der Waals surface area contributed by atoms with Crippen LogP contribution in [0.25, 0.3) is 0 Å². The lowest BCUT2D eigenvalue weighted by Crippen LogP contribution is -2.25. The molecule has 0 atom stereocenters. The molecule has 0 spiro atoms. The molecule has 0 aliphatic heterocycles. The fraction of sp³-hybridized carbons (Fsp3) is 0.100. The van der Waals surface area contributed by atoms with Gasteiger partial charge in [0.15, 0.2) is 5.76 Å². The van der Waals surface area contributed by atoms with E-state index in [1.165, 1.54) is 24.5 Å². The lowest BCUT2D eigenvalue weighted by molar-refractivity contribution is 0.0949. The zero-order valence-corrected chi connectivity index (χ0v) is 16.6. The van der Waals surface area contributed by atoms with E-state index < -0.39 is 17.5 Å². The molecule has 1 heterocycles. The molecule has 1 aromatic heterocycles. The minimum Gasteiger partial charge on any atom is -0.460 e. The van der Waals surface area contributed by atoms with Crippen LogP contribution in [0.1, 0.15) is 32.0 Å². The average Bonchev–Trinajstić information content (AvgIpc) is 3.07. The smallest absolute Gasteiger partial charge is 0.253 e. The van der Waals surface area contributed by atoms with Crippen LogP contribution in [-0.4, -0.2) is 11.7 Å². The standard InChI is InChI=1S/C20H13BrClF2NO3/c21-13-7-18(28-10-13)17(26)6-11-2-1-3-15(22)19(11)20(27)25-9-12-4-5-14(23)8-16(12)24/h1-5,7-8,10H,6,9H2,(H,25,27). The van der Waals surface area contributed by atoms with Crippen LogP contribution < -0.4 is 5.32 Å². The molecule has 3 aromatic rings. The average molecular weight is 469 g/mol. The predicted molar refractivity (Wildman–Crippen MR) is 103 cm³/mol. The number of benzene rings is 2. The molecular weight excluding hydrogens is 456 g/mol. The fourth-order valence-corrected chi connectivity index (χ4v) is 3.20. The minimum absolute atomic E-state index is 0.103. The Morgan fingerprint density at radius 2 is 1.89 bits per heavy atom. The summed E-state index contributed by atoms with van der Waals surface area (Å²) in [6.07, 6.45) is 1.28. The molecule has 2 aromatic carbocycles. The molecule has 0 radical (unpaired) electrons. The number of nitrogens with one attached hydrogen (secondary N) is 1. The monoisotopic (exact) mass is 467 g/mol. The van der Waals surface area contributed by atoms with Crippen molar-refractivity contribution < 1.29 is 22.8 Å². The van der Waals surface area contributed by atoms with Crippen LogP contribution in [0, 0.1) is 11.6 Å². The zero-order chi connectivity index (χ0) is 20.3. The first-order chi connectivity index (χ1) is 13.3. The van der Waals surface area contributed by atoms with Gasteiger partial charge in [-0.25, -0.2) is 8.78 Å². The van der Waals surface area contributed by atoms with Crippen molar-refractivity contribution in [3.8, 4) is 0 Å². The maximum absolute atomic E-state index is 13.7. The first-order valence-electron chi connectivity index (χ1n) is 8.12. The van der Waals surface area contributed by atoms with E-state index in [-0.39, 0.29) is 40.7 Å². The Bertz CT molecular complexity index is 1050. The highest BCUT2D eigenvalue weighted by Gasteiger charge is 2.20. The normalized spacial score (nSPS) is 10.7. The molecule has 0 saturated heterocycles. The Morgan fingerprint density at radius 3 is 2.57 bits per heavy atom. The molecule has 0 unspecified atom stereocenters. The second kappa shape index (κ2) is 8.67. The number of carbonyl (C=O) groups is 2. The first-order valence-corrected chi connectivity index (χ1v) is 9.29. The number of rotatable bonds is 6. The quantitative estimate of drug-likeness (QED) is 0.498. The van der Waals surface area contributed by atoms with Crippen molar-refractivity contribution in [2.45, 2.75) is 13.0 Å². The third kappa shape index (κ3) is 4.66. The second-order valence-corrected chi connectivity index (χ2v) is 7.24. The van der Waals surface area contributed by atoms with Crippen LogP contribution in [0.2, 0.25) is 5.02 Å². The van der Waals surface area contributed by atoms with E-state index in [4.69, 9.17) is 16.0 Å². The van der Waals surface area contributed by atoms with Crippen LogP contribution in [0.4, 0.5) is 8.78 Å². The largest absolute Gasteiger partial charge is 0.460 e. The van der Waals surface area contributed by atoms with Gasteiger partial charge in [0.05, 0.1) is 15.1 Å². The second-order valence-electron chi connectivity index (χ2n) is 5.92. The summed E-state index contributed by atoms with van der Waals surface area (Å²) in [6, 6.07) is 9.37. The van der Waals surface area contributed by atoms with Gasteiger partial charge in [-0.2, -0.15) is 0 Å². The summed E-state index contributed by atoms with van der Waals surface area (Å²) in [7, 11) is 0. The number of furan rings is 1. The van der Waals surface area contributed by atoms with Gasteiger partial charge in [-0.3, -0.25) is 9.59 Å². The number of carbonyl (C=O) groups excluding carboxylic acids is 2.